The summed E-state index contributed by atoms with van der Waals surface area (Å²) in [6.45, 7) is 1.37. The van der Waals surface area contributed by atoms with Gasteiger partial charge < -0.3 is 15.7 Å². The maximum absolute atomic E-state index is 14.1. The van der Waals surface area contributed by atoms with E-state index in [0.29, 0.717) is 18.7 Å². The predicted octanol–water partition coefficient (Wildman–Crippen LogP) is 2.01. The van der Waals surface area contributed by atoms with E-state index in [2.05, 4.69) is 0 Å². The molecule has 0 bridgehead atoms. The third-order valence-corrected chi connectivity index (χ3v) is 3.86. The van der Waals surface area contributed by atoms with Crippen LogP contribution in [0.5, 0.6) is 0 Å². The molecule has 6 heteroatoms. The molecule has 1 saturated heterocycles. The van der Waals surface area contributed by atoms with Gasteiger partial charge in [-0.2, -0.15) is 0 Å². The average Bonchev–Trinajstić information content (AvgIpc) is 2.45. The number of halogens is 1. The van der Waals surface area contributed by atoms with Gasteiger partial charge in [0.2, 0.25) is 5.91 Å². The van der Waals surface area contributed by atoms with Gasteiger partial charge in [-0.25, -0.2) is 4.39 Å². The van der Waals surface area contributed by atoms with Crippen LogP contribution in [-0.2, 0) is 4.79 Å². The molecule has 1 fully saturated rings. The Morgan fingerprint density at radius 1 is 1.43 bits per heavy atom. The predicted molar refractivity (Wildman–Crippen MR) is 76.7 cm³/mol. The second-order valence-corrected chi connectivity index (χ2v) is 5.42. The number of hydrogen-bond acceptors (Lipinski definition) is 3. The molecular weight excluding hydrogens is 275 g/mol. The number of amides is 1. The summed E-state index contributed by atoms with van der Waals surface area (Å²) in [5.41, 5.74) is 5.72. The Morgan fingerprint density at radius 3 is 2.81 bits per heavy atom. The topological polar surface area (TPSA) is 83.6 Å². The Bertz CT molecular complexity index is 548. The van der Waals surface area contributed by atoms with E-state index in [-0.39, 0.29) is 17.9 Å². The largest absolute Gasteiger partial charge is 0.481 e. The fourth-order valence-corrected chi connectivity index (χ4v) is 2.76. The summed E-state index contributed by atoms with van der Waals surface area (Å²) in [4.78, 5) is 23.6. The van der Waals surface area contributed by atoms with Crippen molar-refractivity contribution in [3.63, 3.8) is 0 Å². The zero-order valence-corrected chi connectivity index (χ0v) is 11.7. The van der Waals surface area contributed by atoms with Gasteiger partial charge in [-0.05, 0) is 43.4 Å². The minimum absolute atomic E-state index is 0.140. The van der Waals surface area contributed by atoms with Crippen LogP contribution in [0.4, 0.5) is 10.1 Å². The highest BCUT2D eigenvalue weighted by Gasteiger charge is 2.23. The van der Waals surface area contributed by atoms with Crippen molar-refractivity contribution in [1.29, 1.82) is 0 Å². The summed E-state index contributed by atoms with van der Waals surface area (Å²) in [7, 11) is 0. The number of carboxylic acids is 1. The number of rotatable bonds is 5. The second kappa shape index (κ2) is 6.56. The van der Waals surface area contributed by atoms with E-state index in [1.54, 1.807) is 6.07 Å². The van der Waals surface area contributed by atoms with Crippen molar-refractivity contribution >= 4 is 17.6 Å². The first kappa shape index (κ1) is 15.3. The van der Waals surface area contributed by atoms with E-state index in [1.165, 1.54) is 6.07 Å². The van der Waals surface area contributed by atoms with Gasteiger partial charge >= 0.3 is 5.97 Å². The van der Waals surface area contributed by atoms with E-state index >= 15 is 0 Å². The lowest BCUT2D eigenvalue weighted by molar-refractivity contribution is -0.137. The number of nitrogens with two attached hydrogens (primary N) is 1. The number of carboxylic acid groups (broad SMARTS) is 1. The lowest BCUT2D eigenvalue weighted by Crippen LogP contribution is -2.36. The molecule has 0 spiro atoms. The van der Waals surface area contributed by atoms with Crippen LogP contribution in [0.25, 0.3) is 0 Å². The molecule has 0 aliphatic carbocycles. The van der Waals surface area contributed by atoms with Crippen LogP contribution >= 0.6 is 0 Å². The second-order valence-electron chi connectivity index (χ2n) is 5.42. The first-order valence-corrected chi connectivity index (χ1v) is 7.03. The van der Waals surface area contributed by atoms with Gasteiger partial charge in [-0.1, -0.05) is 0 Å². The normalized spacial score (nSPS) is 18.5. The molecule has 2 rings (SSSR count). The zero-order valence-electron chi connectivity index (χ0n) is 11.7. The maximum Gasteiger partial charge on any atom is 0.303 e. The van der Waals surface area contributed by atoms with Crippen LogP contribution in [0.1, 0.15) is 36.0 Å². The van der Waals surface area contributed by atoms with Crippen molar-refractivity contribution in [2.24, 2.45) is 11.7 Å². The average molecular weight is 294 g/mol. The summed E-state index contributed by atoms with van der Waals surface area (Å²) in [5, 5.41) is 8.74. The Hall–Kier alpha value is -2.11. The maximum atomic E-state index is 14.1. The molecule has 0 radical (unpaired) electrons. The zero-order chi connectivity index (χ0) is 15.4. The molecule has 1 aromatic carbocycles. The number of carbonyl (C=O) groups excluding carboxylic acids is 1. The Balaban J connectivity index is 2.07. The molecule has 3 N–H and O–H groups in total. The highest BCUT2D eigenvalue weighted by molar-refractivity contribution is 5.93. The van der Waals surface area contributed by atoms with Crippen LogP contribution in [0.2, 0.25) is 0 Å². The molecular formula is C15H19FN2O3. The van der Waals surface area contributed by atoms with Crippen molar-refractivity contribution in [1.82, 2.24) is 0 Å². The SMILES string of the molecule is NC(=O)c1ccc(N2CCCC(CCC(=O)O)C2)c(F)c1. The monoisotopic (exact) mass is 294 g/mol. The molecule has 1 heterocycles. The summed E-state index contributed by atoms with van der Waals surface area (Å²) in [6.07, 6.45) is 2.61. The minimum atomic E-state index is -0.802. The lowest BCUT2D eigenvalue weighted by atomic mass is 9.93. The van der Waals surface area contributed by atoms with Gasteiger partial charge in [-0.15, -0.1) is 0 Å². The van der Waals surface area contributed by atoms with Crippen LogP contribution in [0.15, 0.2) is 18.2 Å². The summed E-state index contributed by atoms with van der Waals surface area (Å²) in [6, 6.07) is 4.23. The lowest BCUT2D eigenvalue weighted by Gasteiger charge is -2.34. The molecule has 114 valence electrons. The number of aliphatic carboxylic acids is 1. The number of nitrogens with zero attached hydrogens (tertiary/aromatic N) is 1. The summed E-state index contributed by atoms with van der Waals surface area (Å²) < 4.78 is 14.1. The number of piperidine rings is 1. The van der Waals surface area contributed by atoms with Crippen LogP contribution in [0, 0.1) is 11.7 Å². The third-order valence-electron chi connectivity index (χ3n) is 3.86. The highest BCUT2D eigenvalue weighted by Crippen LogP contribution is 2.28. The van der Waals surface area contributed by atoms with Gasteiger partial charge in [0, 0.05) is 25.1 Å². The standard InChI is InChI=1S/C15H19FN2O3/c16-12-8-11(15(17)21)4-5-13(12)18-7-1-2-10(9-18)3-6-14(19)20/h4-5,8,10H,1-3,6-7,9H2,(H2,17,21)(H,19,20). The van der Waals surface area contributed by atoms with E-state index in [1.807, 2.05) is 4.90 Å². The van der Waals surface area contributed by atoms with Crippen molar-refractivity contribution in [2.75, 3.05) is 18.0 Å². The van der Waals surface area contributed by atoms with Crippen molar-refractivity contribution in [3.8, 4) is 0 Å². The molecule has 1 aliphatic rings. The van der Waals surface area contributed by atoms with Crippen LogP contribution in [0.3, 0.4) is 0 Å². The number of primary amides is 1. The number of hydrogen-bond donors (Lipinski definition) is 2. The molecule has 1 aromatic rings. The number of anilines is 1. The fourth-order valence-electron chi connectivity index (χ4n) is 2.76. The summed E-state index contributed by atoms with van der Waals surface area (Å²) in [5.74, 6) is -1.67. The van der Waals surface area contributed by atoms with Gasteiger partial charge in [0.05, 0.1) is 5.69 Å². The van der Waals surface area contributed by atoms with E-state index in [4.69, 9.17) is 10.8 Å². The molecule has 1 amide bonds. The van der Waals surface area contributed by atoms with Crippen molar-refractivity contribution in [3.05, 3.63) is 29.6 Å². The smallest absolute Gasteiger partial charge is 0.303 e. The highest BCUT2D eigenvalue weighted by atomic mass is 19.1. The molecule has 21 heavy (non-hydrogen) atoms. The molecule has 1 unspecified atom stereocenters. The first-order valence-electron chi connectivity index (χ1n) is 7.03. The molecule has 5 nitrogen and oxygen atoms in total. The number of carbonyl (C=O) groups is 2. The van der Waals surface area contributed by atoms with E-state index in [0.717, 1.165) is 25.5 Å². The molecule has 1 atom stereocenters. The Kier molecular flexibility index (Phi) is 4.77. The first-order chi connectivity index (χ1) is 9.97. The van der Waals surface area contributed by atoms with Gasteiger partial charge in [-0.3, -0.25) is 9.59 Å². The van der Waals surface area contributed by atoms with Crippen LogP contribution < -0.4 is 10.6 Å². The van der Waals surface area contributed by atoms with E-state index in [9.17, 15) is 14.0 Å². The van der Waals surface area contributed by atoms with Gasteiger partial charge in [0.15, 0.2) is 0 Å². The van der Waals surface area contributed by atoms with Crippen molar-refractivity contribution in [2.45, 2.75) is 25.7 Å². The quantitative estimate of drug-likeness (QED) is 0.870. The Morgan fingerprint density at radius 2 is 2.19 bits per heavy atom. The molecule has 1 aliphatic heterocycles. The van der Waals surface area contributed by atoms with Crippen molar-refractivity contribution < 1.29 is 19.1 Å². The van der Waals surface area contributed by atoms with Crippen LogP contribution in [-0.4, -0.2) is 30.1 Å². The third kappa shape index (κ3) is 3.93. The van der Waals surface area contributed by atoms with Gasteiger partial charge in [0.1, 0.15) is 5.82 Å². The van der Waals surface area contributed by atoms with Gasteiger partial charge in [0.25, 0.3) is 0 Å². The fraction of sp³-hybridized carbons (Fsp3) is 0.467. The minimum Gasteiger partial charge on any atom is -0.481 e. The summed E-state index contributed by atoms with van der Waals surface area (Å²) >= 11 is 0. The molecule has 0 saturated carbocycles. The van der Waals surface area contributed by atoms with E-state index < -0.39 is 17.7 Å². The number of benzene rings is 1. The Labute approximate surface area is 122 Å². The molecule has 0 aromatic heterocycles.